The minimum absolute atomic E-state index is 0.198. The first kappa shape index (κ1) is 16.3. The van der Waals surface area contributed by atoms with Gasteiger partial charge in [0.05, 0.1) is 25.4 Å². The number of hydrogen-bond acceptors (Lipinski definition) is 5. The van der Waals surface area contributed by atoms with Gasteiger partial charge in [0, 0.05) is 38.9 Å². The summed E-state index contributed by atoms with van der Waals surface area (Å²) in [5.74, 6) is 0.289. The van der Waals surface area contributed by atoms with Crippen molar-refractivity contribution in [2.75, 3.05) is 46.3 Å². The van der Waals surface area contributed by atoms with E-state index < -0.39 is 0 Å². The summed E-state index contributed by atoms with van der Waals surface area (Å²) in [7, 11) is 3.21. The van der Waals surface area contributed by atoms with Crippen molar-refractivity contribution in [1.82, 2.24) is 5.32 Å². The molecule has 0 atom stereocenters. The third-order valence-corrected chi connectivity index (χ3v) is 2.60. The lowest BCUT2D eigenvalue weighted by Crippen LogP contribution is -2.19. The average molecular weight is 282 g/mol. The van der Waals surface area contributed by atoms with E-state index in [0.29, 0.717) is 43.4 Å². The summed E-state index contributed by atoms with van der Waals surface area (Å²) >= 11 is 0. The van der Waals surface area contributed by atoms with Crippen LogP contribution < -0.4 is 15.8 Å². The SMILES string of the molecule is CNC(=O)c1ccc(N)cc1OCCCOCCOC. The van der Waals surface area contributed by atoms with Crippen molar-refractivity contribution in [3.8, 4) is 5.75 Å². The minimum atomic E-state index is -0.198. The lowest BCUT2D eigenvalue weighted by Gasteiger charge is -2.11. The number of hydrogen-bond donors (Lipinski definition) is 2. The van der Waals surface area contributed by atoms with Crippen LogP contribution in [-0.2, 0) is 9.47 Å². The van der Waals surface area contributed by atoms with Gasteiger partial charge in [-0.05, 0) is 12.1 Å². The lowest BCUT2D eigenvalue weighted by atomic mass is 10.1. The van der Waals surface area contributed by atoms with Gasteiger partial charge in [-0.15, -0.1) is 0 Å². The van der Waals surface area contributed by atoms with Gasteiger partial charge in [-0.3, -0.25) is 4.79 Å². The van der Waals surface area contributed by atoms with Gasteiger partial charge in [-0.2, -0.15) is 0 Å². The third kappa shape index (κ3) is 5.46. The maximum Gasteiger partial charge on any atom is 0.254 e. The molecule has 0 aliphatic heterocycles. The Morgan fingerprint density at radius 2 is 2.05 bits per heavy atom. The quantitative estimate of drug-likeness (QED) is 0.523. The number of carbonyl (C=O) groups excluding carboxylic acids is 1. The van der Waals surface area contributed by atoms with Gasteiger partial charge >= 0.3 is 0 Å². The molecule has 0 bridgehead atoms. The zero-order valence-electron chi connectivity index (χ0n) is 12.0. The number of methoxy groups -OCH3 is 1. The van der Waals surface area contributed by atoms with E-state index >= 15 is 0 Å². The summed E-state index contributed by atoms with van der Waals surface area (Å²) in [5.41, 5.74) is 6.74. The fraction of sp³-hybridized carbons (Fsp3) is 0.500. The number of ether oxygens (including phenoxy) is 3. The first-order valence-corrected chi connectivity index (χ1v) is 6.50. The molecule has 1 aromatic carbocycles. The highest BCUT2D eigenvalue weighted by atomic mass is 16.5. The molecule has 0 unspecified atom stereocenters. The Morgan fingerprint density at radius 1 is 1.25 bits per heavy atom. The summed E-state index contributed by atoms with van der Waals surface area (Å²) in [6.45, 7) is 2.19. The number of rotatable bonds is 9. The van der Waals surface area contributed by atoms with Crippen molar-refractivity contribution < 1.29 is 19.0 Å². The maximum atomic E-state index is 11.7. The number of nitrogen functional groups attached to an aromatic ring is 1. The van der Waals surface area contributed by atoms with Crippen LogP contribution in [0.1, 0.15) is 16.8 Å². The van der Waals surface area contributed by atoms with Gasteiger partial charge in [-0.1, -0.05) is 0 Å². The fourth-order valence-corrected chi connectivity index (χ4v) is 1.57. The highest BCUT2D eigenvalue weighted by Crippen LogP contribution is 2.22. The molecule has 6 nitrogen and oxygen atoms in total. The number of benzene rings is 1. The van der Waals surface area contributed by atoms with E-state index in [0.717, 1.165) is 6.42 Å². The van der Waals surface area contributed by atoms with Gasteiger partial charge in [-0.25, -0.2) is 0 Å². The molecule has 0 aliphatic carbocycles. The molecule has 0 spiro atoms. The van der Waals surface area contributed by atoms with Crippen molar-refractivity contribution in [1.29, 1.82) is 0 Å². The number of carbonyl (C=O) groups is 1. The van der Waals surface area contributed by atoms with E-state index in [4.69, 9.17) is 19.9 Å². The van der Waals surface area contributed by atoms with Crippen LogP contribution >= 0.6 is 0 Å². The van der Waals surface area contributed by atoms with Crippen LogP contribution in [0.25, 0.3) is 0 Å². The second kappa shape index (κ2) is 9.17. The summed E-state index contributed by atoms with van der Waals surface area (Å²) < 4.78 is 15.8. The maximum absolute atomic E-state index is 11.7. The summed E-state index contributed by atoms with van der Waals surface area (Å²) in [4.78, 5) is 11.7. The van der Waals surface area contributed by atoms with E-state index in [2.05, 4.69) is 5.32 Å². The Bertz CT molecular complexity index is 424. The molecule has 6 heteroatoms. The van der Waals surface area contributed by atoms with Crippen LogP contribution in [-0.4, -0.2) is 46.5 Å². The minimum Gasteiger partial charge on any atom is -0.493 e. The standard InChI is InChI=1S/C14H22N2O4/c1-16-14(17)12-5-4-11(15)10-13(12)20-7-3-6-19-9-8-18-2/h4-5,10H,3,6-9,15H2,1-2H3,(H,16,17). The number of anilines is 1. The molecule has 0 saturated heterocycles. The van der Waals surface area contributed by atoms with Crippen molar-refractivity contribution in [3.63, 3.8) is 0 Å². The number of nitrogens with one attached hydrogen (secondary N) is 1. The second-order valence-electron chi connectivity index (χ2n) is 4.14. The smallest absolute Gasteiger partial charge is 0.254 e. The molecule has 0 heterocycles. The van der Waals surface area contributed by atoms with Gasteiger partial charge in [0.25, 0.3) is 5.91 Å². The Balaban J connectivity index is 2.42. The van der Waals surface area contributed by atoms with E-state index in [9.17, 15) is 4.79 Å². The molecule has 0 aliphatic rings. The van der Waals surface area contributed by atoms with Crippen LogP contribution in [0, 0.1) is 0 Å². The van der Waals surface area contributed by atoms with Crippen LogP contribution in [0.4, 0.5) is 5.69 Å². The Labute approximate surface area is 119 Å². The van der Waals surface area contributed by atoms with Crippen LogP contribution in [0.15, 0.2) is 18.2 Å². The molecular formula is C14H22N2O4. The molecule has 0 radical (unpaired) electrons. The molecule has 20 heavy (non-hydrogen) atoms. The highest BCUT2D eigenvalue weighted by Gasteiger charge is 2.11. The van der Waals surface area contributed by atoms with Crippen LogP contribution in [0.5, 0.6) is 5.75 Å². The molecule has 3 N–H and O–H groups in total. The molecule has 0 fully saturated rings. The molecule has 1 rings (SSSR count). The van der Waals surface area contributed by atoms with Gasteiger partial charge < -0.3 is 25.3 Å². The zero-order chi connectivity index (χ0) is 14.8. The van der Waals surface area contributed by atoms with Crippen LogP contribution in [0.2, 0.25) is 0 Å². The van der Waals surface area contributed by atoms with Crippen molar-refractivity contribution >= 4 is 11.6 Å². The van der Waals surface area contributed by atoms with Gasteiger partial charge in [0.1, 0.15) is 5.75 Å². The van der Waals surface area contributed by atoms with Gasteiger partial charge in [0.15, 0.2) is 0 Å². The second-order valence-corrected chi connectivity index (χ2v) is 4.14. The van der Waals surface area contributed by atoms with E-state index in [-0.39, 0.29) is 5.91 Å². The topological polar surface area (TPSA) is 82.8 Å². The Hall–Kier alpha value is -1.79. The third-order valence-electron chi connectivity index (χ3n) is 2.60. The van der Waals surface area contributed by atoms with E-state index in [1.807, 2.05) is 0 Å². The summed E-state index contributed by atoms with van der Waals surface area (Å²) in [5, 5.41) is 2.57. The predicted molar refractivity (Wildman–Crippen MR) is 77.1 cm³/mol. The fourth-order valence-electron chi connectivity index (χ4n) is 1.57. The largest absolute Gasteiger partial charge is 0.493 e. The summed E-state index contributed by atoms with van der Waals surface area (Å²) in [6, 6.07) is 4.97. The lowest BCUT2D eigenvalue weighted by molar-refractivity contribution is 0.0643. The molecule has 1 aromatic rings. The first-order chi connectivity index (χ1) is 9.69. The monoisotopic (exact) mass is 282 g/mol. The molecule has 112 valence electrons. The highest BCUT2D eigenvalue weighted by molar-refractivity contribution is 5.97. The molecule has 0 aromatic heterocycles. The number of amides is 1. The normalized spacial score (nSPS) is 10.3. The van der Waals surface area contributed by atoms with E-state index in [1.165, 1.54) is 0 Å². The Morgan fingerprint density at radius 3 is 2.75 bits per heavy atom. The molecule has 1 amide bonds. The molecule has 0 saturated carbocycles. The molecular weight excluding hydrogens is 260 g/mol. The van der Waals surface area contributed by atoms with E-state index in [1.54, 1.807) is 32.4 Å². The zero-order valence-corrected chi connectivity index (χ0v) is 12.0. The average Bonchev–Trinajstić information content (AvgIpc) is 2.45. The number of nitrogens with two attached hydrogens (primary N) is 1. The van der Waals surface area contributed by atoms with Crippen molar-refractivity contribution in [3.05, 3.63) is 23.8 Å². The first-order valence-electron chi connectivity index (χ1n) is 6.50. The Kier molecular flexibility index (Phi) is 7.46. The van der Waals surface area contributed by atoms with Crippen molar-refractivity contribution in [2.45, 2.75) is 6.42 Å². The van der Waals surface area contributed by atoms with Crippen molar-refractivity contribution in [2.24, 2.45) is 0 Å². The van der Waals surface area contributed by atoms with Gasteiger partial charge in [0.2, 0.25) is 0 Å². The summed E-state index contributed by atoms with van der Waals surface area (Å²) in [6.07, 6.45) is 0.728. The predicted octanol–water partition coefficient (Wildman–Crippen LogP) is 1.06. The van der Waals surface area contributed by atoms with Crippen LogP contribution in [0.3, 0.4) is 0 Å².